The normalized spacial score (nSPS) is 11.3. The lowest BCUT2D eigenvalue weighted by atomic mass is 10.1. The number of carbonyl (C=O) groups excluding carboxylic acids is 1. The zero-order valence-corrected chi connectivity index (χ0v) is 10.3. The molecule has 0 unspecified atom stereocenters. The molecule has 0 aliphatic heterocycles. The Labute approximate surface area is 114 Å². The molecular formula is C14H11NO5. The molecule has 20 heavy (non-hydrogen) atoms. The molecule has 6 heteroatoms. The van der Waals surface area contributed by atoms with E-state index in [9.17, 15) is 14.7 Å². The van der Waals surface area contributed by atoms with Gasteiger partial charge in [0.15, 0.2) is 0 Å². The summed E-state index contributed by atoms with van der Waals surface area (Å²) in [6.45, 7) is 0. The number of carboxylic acid groups (broad SMARTS) is 1. The zero-order valence-electron chi connectivity index (χ0n) is 10.3. The molecule has 6 nitrogen and oxygen atoms in total. The van der Waals surface area contributed by atoms with E-state index in [2.05, 4.69) is 4.98 Å². The first kappa shape index (κ1) is 13.5. The van der Waals surface area contributed by atoms with E-state index in [0.717, 1.165) is 5.69 Å². The average Bonchev–Trinajstić information content (AvgIpc) is 2.88. The Balaban J connectivity index is 2.25. The summed E-state index contributed by atoms with van der Waals surface area (Å²) in [6, 6.07) is 6.83. The molecular weight excluding hydrogens is 262 g/mol. The van der Waals surface area contributed by atoms with Gasteiger partial charge in [-0.15, -0.1) is 0 Å². The van der Waals surface area contributed by atoms with Crippen LogP contribution in [0.5, 0.6) is 0 Å². The van der Waals surface area contributed by atoms with E-state index < -0.39 is 17.5 Å². The predicted molar refractivity (Wildman–Crippen MR) is 69.0 cm³/mol. The number of hydrogen-bond donors (Lipinski definition) is 2. The molecule has 0 spiro atoms. The van der Waals surface area contributed by atoms with Gasteiger partial charge in [-0.25, -0.2) is 4.79 Å². The molecule has 0 fully saturated rings. The van der Waals surface area contributed by atoms with Crippen LogP contribution < -0.4 is 0 Å². The number of aromatic nitrogens is 1. The molecule has 2 heterocycles. The Morgan fingerprint density at radius 2 is 2.05 bits per heavy atom. The summed E-state index contributed by atoms with van der Waals surface area (Å²) < 4.78 is 5.23. The van der Waals surface area contributed by atoms with Gasteiger partial charge < -0.3 is 14.6 Å². The van der Waals surface area contributed by atoms with Crippen molar-refractivity contribution in [3.63, 3.8) is 0 Å². The lowest BCUT2D eigenvalue weighted by Gasteiger charge is -2.01. The molecule has 0 saturated carbocycles. The SMILES string of the molecule is O=C(O)C(=O)C=C(O)c1ccoc1Cc1ccccn1. The van der Waals surface area contributed by atoms with Crippen molar-refractivity contribution < 1.29 is 24.2 Å². The number of aliphatic hydroxyl groups is 1. The summed E-state index contributed by atoms with van der Waals surface area (Å²) in [4.78, 5) is 25.6. The van der Waals surface area contributed by atoms with Gasteiger partial charge >= 0.3 is 5.97 Å². The first-order valence-corrected chi connectivity index (χ1v) is 5.72. The van der Waals surface area contributed by atoms with Crippen molar-refractivity contribution in [1.29, 1.82) is 0 Å². The summed E-state index contributed by atoms with van der Waals surface area (Å²) in [5, 5.41) is 18.3. The fourth-order valence-electron chi connectivity index (χ4n) is 1.64. The molecule has 0 aliphatic carbocycles. The second-order valence-corrected chi connectivity index (χ2v) is 3.95. The largest absolute Gasteiger partial charge is 0.507 e. The minimum absolute atomic E-state index is 0.269. The van der Waals surface area contributed by atoms with Crippen LogP contribution >= 0.6 is 0 Å². The predicted octanol–water partition coefficient (Wildman–Crippen LogP) is 1.82. The second-order valence-electron chi connectivity index (χ2n) is 3.95. The van der Waals surface area contributed by atoms with Gasteiger partial charge in [-0.1, -0.05) is 6.07 Å². The third-order valence-electron chi connectivity index (χ3n) is 2.57. The van der Waals surface area contributed by atoms with Crippen LogP contribution in [0.25, 0.3) is 5.76 Å². The number of aliphatic carboxylic acids is 1. The molecule has 2 aromatic rings. The van der Waals surface area contributed by atoms with E-state index in [1.807, 2.05) is 6.07 Å². The van der Waals surface area contributed by atoms with Crippen LogP contribution in [-0.4, -0.2) is 26.9 Å². The fourth-order valence-corrected chi connectivity index (χ4v) is 1.64. The van der Waals surface area contributed by atoms with Crippen LogP contribution in [0.3, 0.4) is 0 Å². The lowest BCUT2D eigenvalue weighted by Crippen LogP contribution is -2.09. The highest BCUT2D eigenvalue weighted by atomic mass is 16.4. The molecule has 0 aromatic carbocycles. The van der Waals surface area contributed by atoms with Gasteiger partial charge in [0.25, 0.3) is 5.78 Å². The van der Waals surface area contributed by atoms with Crippen LogP contribution in [-0.2, 0) is 16.0 Å². The molecule has 2 aromatic heterocycles. The summed E-state index contributed by atoms with van der Waals surface area (Å²) >= 11 is 0. The van der Waals surface area contributed by atoms with Gasteiger partial charge in [0.05, 0.1) is 11.8 Å². The maximum absolute atomic E-state index is 11.0. The van der Waals surface area contributed by atoms with Crippen LogP contribution in [0.15, 0.2) is 47.2 Å². The maximum Gasteiger partial charge on any atom is 0.376 e. The van der Waals surface area contributed by atoms with Crippen molar-refractivity contribution in [3.8, 4) is 0 Å². The Morgan fingerprint density at radius 3 is 2.70 bits per heavy atom. The van der Waals surface area contributed by atoms with Crippen LogP contribution in [0.2, 0.25) is 0 Å². The Hall–Kier alpha value is -2.89. The van der Waals surface area contributed by atoms with E-state index in [1.165, 1.54) is 12.3 Å². The minimum atomic E-state index is -1.63. The van der Waals surface area contributed by atoms with Crippen molar-refractivity contribution in [2.75, 3.05) is 0 Å². The molecule has 2 rings (SSSR count). The number of carboxylic acids is 1. The van der Waals surface area contributed by atoms with Crippen LogP contribution in [0.4, 0.5) is 0 Å². The third kappa shape index (κ3) is 3.11. The van der Waals surface area contributed by atoms with Gasteiger partial charge in [-0.2, -0.15) is 0 Å². The van der Waals surface area contributed by atoms with Crippen molar-refractivity contribution in [2.45, 2.75) is 6.42 Å². The van der Waals surface area contributed by atoms with E-state index in [0.29, 0.717) is 18.3 Å². The Morgan fingerprint density at radius 1 is 1.25 bits per heavy atom. The molecule has 0 aliphatic rings. The standard InChI is InChI=1S/C14H11NO5/c16-11(8-12(17)14(18)19)10-4-6-20-13(10)7-9-3-1-2-5-15-9/h1-6,8,16H,7H2,(H,18,19). The van der Waals surface area contributed by atoms with Crippen molar-refractivity contribution >= 4 is 17.5 Å². The Bertz CT molecular complexity index is 657. The van der Waals surface area contributed by atoms with E-state index in [1.54, 1.807) is 18.3 Å². The highest BCUT2D eigenvalue weighted by molar-refractivity contribution is 6.38. The summed E-state index contributed by atoms with van der Waals surface area (Å²) in [5.74, 6) is -2.88. The Kier molecular flexibility index (Phi) is 3.95. The molecule has 102 valence electrons. The van der Waals surface area contributed by atoms with Crippen molar-refractivity contribution in [3.05, 3.63) is 59.8 Å². The zero-order chi connectivity index (χ0) is 14.5. The number of rotatable bonds is 5. The number of hydrogen-bond acceptors (Lipinski definition) is 5. The average molecular weight is 273 g/mol. The van der Waals surface area contributed by atoms with Gasteiger partial charge in [-0.05, 0) is 18.2 Å². The summed E-state index contributed by atoms with van der Waals surface area (Å²) in [6.07, 6.45) is 3.95. The lowest BCUT2D eigenvalue weighted by molar-refractivity contribution is -0.146. The monoisotopic (exact) mass is 273 g/mol. The topological polar surface area (TPSA) is 101 Å². The van der Waals surface area contributed by atoms with E-state index in [4.69, 9.17) is 9.52 Å². The van der Waals surface area contributed by atoms with E-state index >= 15 is 0 Å². The van der Waals surface area contributed by atoms with Gasteiger partial charge in [-0.3, -0.25) is 9.78 Å². The molecule has 0 amide bonds. The molecule has 0 radical (unpaired) electrons. The fraction of sp³-hybridized carbons (Fsp3) is 0.0714. The minimum Gasteiger partial charge on any atom is -0.507 e. The first-order valence-electron chi connectivity index (χ1n) is 5.72. The summed E-state index contributed by atoms with van der Waals surface area (Å²) in [7, 11) is 0. The number of carbonyl (C=O) groups is 2. The van der Waals surface area contributed by atoms with Crippen LogP contribution in [0.1, 0.15) is 17.0 Å². The quantitative estimate of drug-likeness (QED) is 0.489. The number of ketones is 1. The van der Waals surface area contributed by atoms with E-state index in [-0.39, 0.29) is 5.56 Å². The highest BCUT2D eigenvalue weighted by Gasteiger charge is 2.15. The van der Waals surface area contributed by atoms with Gasteiger partial charge in [0.1, 0.15) is 11.5 Å². The number of furan rings is 1. The number of pyridine rings is 1. The molecule has 0 saturated heterocycles. The molecule has 0 bridgehead atoms. The smallest absolute Gasteiger partial charge is 0.376 e. The number of aliphatic hydroxyl groups excluding tert-OH is 1. The summed E-state index contributed by atoms with van der Waals surface area (Å²) in [5.41, 5.74) is 0.992. The van der Waals surface area contributed by atoms with Gasteiger partial charge in [0, 0.05) is 24.4 Å². The highest BCUT2D eigenvalue weighted by Crippen LogP contribution is 2.21. The first-order chi connectivity index (χ1) is 9.58. The molecule has 0 atom stereocenters. The third-order valence-corrected chi connectivity index (χ3v) is 2.57. The molecule has 2 N–H and O–H groups in total. The van der Waals surface area contributed by atoms with Gasteiger partial charge in [0.2, 0.25) is 0 Å². The van der Waals surface area contributed by atoms with Crippen LogP contribution in [0, 0.1) is 0 Å². The van der Waals surface area contributed by atoms with Crippen molar-refractivity contribution in [2.24, 2.45) is 0 Å². The van der Waals surface area contributed by atoms with Crippen molar-refractivity contribution in [1.82, 2.24) is 4.98 Å². The second kappa shape index (κ2) is 5.83. The maximum atomic E-state index is 11.0. The number of nitrogens with zero attached hydrogens (tertiary/aromatic N) is 1.